The smallest absolute Gasteiger partial charge is 0.221 e. The second-order valence-electron chi connectivity index (χ2n) is 5.21. The van der Waals surface area contributed by atoms with Crippen molar-refractivity contribution in [1.29, 1.82) is 0 Å². The highest BCUT2D eigenvalue weighted by Gasteiger charge is 2.10. The molecule has 21 heavy (non-hydrogen) atoms. The topological polar surface area (TPSA) is 66.9 Å². The third kappa shape index (κ3) is 5.87. The van der Waals surface area contributed by atoms with Crippen LogP contribution < -0.4 is 10.6 Å². The zero-order valence-corrected chi connectivity index (χ0v) is 14.0. The number of hydrogen-bond donors (Lipinski definition) is 2. The largest absolute Gasteiger partial charge is 0.369 e. The summed E-state index contributed by atoms with van der Waals surface area (Å²) in [6.45, 7) is 8.52. The minimum absolute atomic E-state index is 0.0448. The maximum atomic E-state index is 11.7. The Morgan fingerprint density at radius 3 is 2.67 bits per heavy atom. The average Bonchev–Trinajstić information content (AvgIpc) is 2.44. The van der Waals surface area contributed by atoms with Gasteiger partial charge in [-0.05, 0) is 26.7 Å². The summed E-state index contributed by atoms with van der Waals surface area (Å²) in [5.41, 5.74) is 0.818. The minimum atomic E-state index is 0.0448. The SMILES string of the molecule is CCCc1nc(Cl)c(C)c(NCCC(=O)NC(C)CC)n1. The molecule has 0 aliphatic heterocycles. The number of anilines is 1. The van der Waals surface area contributed by atoms with E-state index < -0.39 is 0 Å². The van der Waals surface area contributed by atoms with Gasteiger partial charge in [-0.3, -0.25) is 4.79 Å². The minimum Gasteiger partial charge on any atom is -0.369 e. The van der Waals surface area contributed by atoms with E-state index in [9.17, 15) is 4.79 Å². The van der Waals surface area contributed by atoms with Crippen molar-refractivity contribution in [3.8, 4) is 0 Å². The first-order valence-corrected chi connectivity index (χ1v) is 7.91. The van der Waals surface area contributed by atoms with Gasteiger partial charge in [-0.15, -0.1) is 0 Å². The molecule has 1 amide bonds. The Bertz CT molecular complexity index is 479. The maximum Gasteiger partial charge on any atom is 0.221 e. The van der Waals surface area contributed by atoms with Crippen LogP contribution in [0.4, 0.5) is 5.82 Å². The Morgan fingerprint density at radius 2 is 2.05 bits per heavy atom. The molecule has 0 bridgehead atoms. The summed E-state index contributed by atoms with van der Waals surface area (Å²) in [5.74, 6) is 1.50. The average molecular weight is 313 g/mol. The molecule has 118 valence electrons. The summed E-state index contributed by atoms with van der Waals surface area (Å²) in [4.78, 5) is 20.4. The van der Waals surface area contributed by atoms with Gasteiger partial charge in [0, 0.05) is 31.0 Å². The molecular weight excluding hydrogens is 288 g/mol. The Kier molecular flexibility index (Phi) is 7.43. The fourth-order valence-corrected chi connectivity index (χ4v) is 1.97. The second-order valence-corrected chi connectivity index (χ2v) is 5.57. The van der Waals surface area contributed by atoms with Gasteiger partial charge in [-0.2, -0.15) is 0 Å². The molecule has 0 spiro atoms. The molecule has 0 saturated carbocycles. The summed E-state index contributed by atoms with van der Waals surface area (Å²) in [7, 11) is 0. The number of halogens is 1. The molecule has 1 atom stereocenters. The number of aromatic nitrogens is 2. The first-order valence-electron chi connectivity index (χ1n) is 7.54. The molecule has 2 N–H and O–H groups in total. The molecule has 5 nitrogen and oxygen atoms in total. The van der Waals surface area contributed by atoms with Crippen molar-refractivity contribution < 1.29 is 4.79 Å². The lowest BCUT2D eigenvalue weighted by Gasteiger charge is -2.13. The maximum absolute atomic E-state index is 11.7. The Balaban J connectivity index is 2.56. The normalized spacial score (nSPS) is 12.0. The van der Waals surface area contributed by atoms with Crippen LogP contribution in [0, 0.1) is 6.92 Å². The molecule has 0 aliphatic rings. The molecule has 1 rings (SSSR count). The lowest BCUT2D eigenvalue weighted by molar-refractivity contribution is -0.121. The van der Waals surface area contributed by atoms with Crippen LogP contribution in [0.25, 0.3) is 0 Å². The molecule has 0 saturated heterocycles. The first-order chi connectivity index (χ1) is 9.97. The molecule has 6 heteroatoms. The van der Waals surface area contributed by atoms with Gasteiger partial charge in [0.2, 0.25) is 5.91 Å². The van der Waals surface area contributed by atoms with Crippen LogP contribution in [0.3, 0.4) is 0 Å². The van der Waals surface area contributed by atoms with Gasteiger partial charge in [0.05, 0.1) is 0 Å². The van der Waals surface area contributed by atoms with Crippen LogP contribution in [-0.2, 0) is 11.2 Å². The van der Waals surface area contributed by atoms with Crippen molar-refractivity contribution in [2.24, 2.45) is 0 Å². The summed E-state index contributed by atoms with van der Waals surface area (Å²) in [5, 5.41) is 6.59. The van der Waals surface area contributed by atoms with E-state index in [2.05, 4.69) is 27.5 Å². The number of nitrogens with zero attached hydrogens (tertiary/aromatic N) is 2. The van der Waals surface area contributed by atoms with Gasteiger partial charge in [0.25, 0.3) is 0 Å². The van der Waals surface area contributed by atoms with Gasteiger partial charge in [-0.25, -0.2) is 9.97 Å². The van der Waals surface area contributed by atoms with E-state index in [1.165, 1.54) is 0 Å². The van der Waals surface area contributed by atoms with Crippen molar-refractivity contribution in [2.75, 3.05) is 11.9 Å². The van der Waals surface area contributed by atoms with E-state index in [1.807, 2.05) is 20.8 Å². The summed E-state index contributed by atoms with van der Waals surface area (Å²) >= 11 is 6.11. The predicted octanol–water partition coefficient (Wildman–Crippen LogP) is 3.11. The number of hydrogen-bond acceptors (Lipinski definition) is 4. The number of rotatable bonds is 8. The van der Waals surface area contributed by atoms with Crippen LogP contribution >= 0.6 is 11.6 Å². The third-order valence-electron chi connectivity index (χ3n) is 3.27. The van der Waals surface area contributed by atoms with Gasteiger partial charge in [0.15, 0.2) is 0 Å². The van der Waals surface area contributed by atoms with E-state index in [1.54, 1.807) is 0 Å². The van der Waals surface area contributed by atoms with E-state index in [4.69, 9.17) is 11.6 Å². The van der Waals surface area contributed by atoms with Crippen molar-refractivity contribution in [3.63, 3.8) is 0 Å². The van der Waals surface area contributed by atoms with E-state index >= 15 is 0 Å². The Hall–Kier alpha value is -1.36. The van der Waals surface area contributed by atoms with Crippen LogP contribution in [-0.4, -0.2) is 28.5 Å². The highest BCUT2D eigenvalue weighted by molar-refractivity contribution is 6.30. The molecule has 1 aromatic rings. The van der Waals surface area contributed by atoms with Gasteiger partial charge < -0.3 is 10.6 Å². The molecule has 0 radical (unpaired) electrons. The van der Waals surface area contributed by atoms with Gasteiger partial charge in [0.1, 0.15) is 16.8 Å². The van der Waals surface area contributed by atoms with Crippen molar-refractivity contribution in [3.05, 3.63) is 16.5 Å². The summed E-state index contributed by atoms with van der Waals surface area (Å²) < 4.78 is 0. The summed E-state index contributed by atoms with van der Waals surface area (Å²) in [6.07, 6.45) is 3.11. The van der Waals surface area contributed by atoms with E-state index in [0.717, 1.165) is 36.5 Å². The Labute approximate surface area is 131 Å². The number of amides is 1. The van der Waals surface area contributed by atoms with Crippen molar-refractivity contribution in [2.45, 2.75) is 59.4 Å². The molecule has 0 aliphatic carbocycles. The fourth-order valence-electron chi connectivity index (χ4n) is 1.78. The molecule has 1 heterocycles. The van der Waals surface area contributed by atoms with Crippen molar-refractivity contribution >= 4 is 23.3 Å². The van der Waals surface area contributed by atoms with Crippen LogP contribution in [0.15, 0.2) is 0 Å². The molecule has 0 aromatic carbocycles. The highest BCUT2D eigenvalue weighted by Crippen LogP contribution is 2.20. The standard InChI is InChI=1S/C15H25ClN4O/c1-5-7-12-19-14(16)11(4)15(20-12)17-9-8-13(21)18-10(3)6-2/h10H,5-9H2,1-4H3,(H,18,21)(H,17,19,20). The lowest BCUT2D eigenvalue weighted by atomic mass is 10.2. The number of carbonyl (C=O) groups excluding carboxylic acids is 1. The highest BCUT2D eigenvalue weighted by atomic mass is 35.5. The fraction of sp³-hybridized carbons (Fsp3) is 0.667. The van der Waals surface area contributed by atoms with E-state index in [-0.39, 0.29) is 11.9 Å². The van der Waals surface area contributed by atoms with E-state index in [0.29, 0.717) is 18.1 Å². The van der Waals surface area contributed by atoms with Gasteiger partial charge >= 0.3 is 0 Å². The first kappa shape index (κ1) is 17.7. The molecule has 1 aromatic heterocycles. The summed E-state index contributed by atoms with van der Waals surface area (Å²) in [6, 6.07) is 0.212. The molecule has 0 fully saturated rings. The Morgan fingerprint density at radius 1 is 1.33 bits per heavy atom. The van der Waals surface area contributed by atoms with Gasteiger partial charge in [-0.1, -0.05) is 25.4 Å². The van der Waals surface area contributed by atoms with Crippen molar-refractivity contribution in [1.82, 2.24) is 15.3 Å². The molecular formula is C15H25ClN4O. The zero-order chi connectivity index (χ0) is 15.8. The quantitative estimate of drug-likeness (QED) is 0.724. The molecule has 1 unspecified atom stereocenters. The number of nitrogens with one attached hydrogen (secondary N) is 2. The number of carbonyl (C=O) groups is 1. The lowest BCUT2D eigenvalue weighted by Crippen LogP contribution is -2.33. The van der Waals surface area contributed by atoms with Crippen LogP contribution in [0.5, 0.6) is 0 Å². The zero-order valence-electron chi connectivity index (χ0n) is 13.3. The second kappa shape index (κ2) is 8.82. The van der Waals surface area contributed by atoms with Crippen LogP contribution in [0.1, 0.15) is 51.4 Å². The van der Waals surface area contributed by atoms with Crippen LogP contribution in [0.2, 0.25) is 5.15 Å². The third-order valence-corrected chi connectivity index (χ3v) is 3.64. The monoisotopic (exact) mass is 312 g/mol. The predicted molar refractivity (Wildman–Crippen MR) is 86.8 cm³/mol. The number of aryl methyl sites for hydroxylation is 1.